The fourth-order valence-electron chi connectivity index (χ4n) is 1.90. The Morgan fingerprint density at radius 2 is 2.13 bits per heavy atom. The second-order valence-corrected chi connectivity index (χ2v) is 8.47. The molecule has 1 rings (SSSR count). The van der Waals surface area contributed by atoms with E-state index >= 15 is 0 Å². The number of hydrogen-bond acceptors (Lipinski definition) is 4. The molecule has 0 aromatic heterocycles. The van der Waals surface area contributed by atoms with Crippen LogP contribution in [0.15, 0.2) is 27.7 Å². The van der Waals surface area contributed by atoms with Gasteiger partial charge in [-0.15, -0.1) is 0 Å². The van der Waals surface area contributed by atoms with Gasteiger partial charge in [-0.2, -0.15) is 0 Å². The van der Waals surface area contributed by atoms with Crippen molar-refractivity contribution in [3.8, 4) is 5.75 Å². The van der Waals surface area contributed by atoms with Gasteiger partial charge in [-0.1, -0.05) is 6.07 Å². The zero-order valence-corrected chi connectivity index (χ0v) is 16.3. The van der Waals surface area contributed by atoms with E-state index in [2.05, 4.69) is 31.6 Å². The summed E-state index contributed by atoms with van der Waals surface area (Å²) in [6, 6.07) is 5.85. The Balaban J connectivity index is 2.52. The van der Waals surface area contributed by atoms with Gasteiger partial charge in [0.1, 0.15) is 15.6 Å². The van der Waals surface area contributed by atoms with Crippen LogP contribution in [0.1, 0.15) is 18.9 Å². The Kier molecular flexibility index (Phi) is 7.84. The van der Waals surface area contributed by atoms with Gasteiger partial charge in [0.25, 0.3) is 0 Å². The molecule has 130 valence electrons. The maximum Gasteiger partial charge on any atom is 0.191 e. The van der Waals surface area contributed by atoms with Crippen molar-refractivity contribution < 1.29 is 13.2 Å². The molecule has 23 heavy (non-hydrogen) atoms. The lowest BCUT2D eigenvalue weighted by molar-refractivity contribution is 0.412. The zero-order valence-electron chi connectivity index (χ0n) is 13.9. The molecule has 1 aromatic rings. The van der Waals surface area contributed by atoms with E-state index in [0.717, 1.165) is 15.8 Å². The van der Waals surface area contributed by atoms with Crippen molar-refractivity contribution in [2.24, 2.45) is 4.99 Å². The summed E-state index contributed by atoms with van der Waals surface area (Å²) >= 11 is 3.46. The van der Waals surface area contributed by atoms with Crippen LogP contribution in [0, 0.1) is 0 Å². The van der Waals surface area contributed by atoms with Crippen molar-refractivity contribution >= 4 is 31.7 Å². The van der Waals surface area contributed by atoms with E-state index in [1.54, 1.807) is 14.2 Å². The monoisotopic (exact) mass is 405 g/mol. The molecule has 0 aliphatic heterocycles. The number of halogens is 1. The van der Waals surface area contributed by atoms with Crippen LogP contribution >= 0.6 is 15.9 Å². The van der Waals surface area contributed by atoms with E-state index in [-0.39, 0.29) is 11.8 Å². The molecule has 2 N–H and O–H groups in total. The van der Waals surface area contributed by atoms with Crippen LogP contribution in [0.25, 0.3) is 0 Å². The third-order valence-electron chi connectivity index (χ3n) is 3.20. The zero-order chi connectivity index (χ0) is 17.5. The topological polar surface area (TPSA) is 79.8 Å². The molecule has 0 amide bonds. The largest absolute Gasteiger partial charge is 0.496 e. The number of benzene rings is 1. The fraction of sp³-hybridized carbons (Fsp3) is 0.533. The smallest absolute Gasteiger partial charge is 0.191 e. The van der Waals surface area contributed by atoms with Crippen LogP contribution in [-0.2, 0) is 16.4 Å². The van der Waals surface area contributed by atoms with Gasteiger partial charge < -0.3 is 15.4 Å². The Labute approximate surface area is 146 Å². The lowest BCUT2D eigenvalue weighted by Gasteiger charge is -2.18. The third kappa shape index (κ3) is 7.69. The van der Waals surface area contributed by atoms with E-state index in [4.69, 9.17) is 4.74 Å². The fourth-order valence-corrected chi connectivity index (χ4v) is 3.27. The van der Waals surface area contributed by atoms with Crippen LogP contribution in [0.5, 0.6) is 5.75 Å². The van der Waals surface area contributed by atoms with Gasteiger partial charge in [0.15, 0.2) is 5.96 Å². The number of methoxy groups -OCH3 is 1. The average Bonchev–Trinajstić information content (AvgIpc) is 2.48. The molecule has 1 aromatic carbocycles. The predicted octanol–water partition coefficient (Wildman–Crippen LogP) is 1.95. The predicted molar refractivity (Wildman–Crippen MR) is 97.8 cm³/mol. The van der Waals surface area contributed by atoms with Crippen LogP contribution in [0.3, 0.4) is 0 Å². The molecule has 0 saturated heterocycles. The van der Waals surface area contributed by atoms with E-state index in [1.165, 1.54) is 6.26 Å². The molecule has 0 bridgehead atoms. The van der Waals surface area contributed by atoms with Crippen molar-refractivity contribution in [3.05, 3.63) is 28.2 Å². The highest BCUT2D eigenvalue weighted by Crippen LogP contribution is 2.25. The van der Waals surface area contributed by atoms with Crippen LogP contribution in [-0.4, -0.2) is 46.6 Å². The first-order valence-electron chi connectivity index (χ1n) is 7.22. The highest BCUT2D eigenvalue weighted by Gasteiger charge is 2.09. The highest BCUT2D eigenvalue weighted by molar-refractivity contribution is 9.10. The molecular formula is C15H24BrN3O3S. The van der Waals surface area contributed by atoms with Gasteiger partial charge in [0.2, 0.25) is 0 Å². The molecule has 0 spiro atoms. The summed E-state index contributed by atoms with van der Waals surface area (Å²) in [5, 5.41) is 6.39. The summed E-state index contributed by atoms with van der Waals surface area (Å²) in [6.07, 6.45) is 1.78. The first-order chi connectivity index (χ1) is 10.7. The minimum atomic E-state index is -2.95. The molecule has 8 heteroatoms. The Bertz CT molecular complexity index is 647. The Hall–Kier alpha value is -1.28. The van der Waals surface area contributed by atoms with Crippen molar-refractivity contribution in [1.82, 2.24) is 10.6 Å². The van der Waals surface area contributed by atoms with Crippen LogP contribution in [0.2, 0.25) is 0 Å². The Morgan fingerprint density at radius 1 is 1.43 bits per heavy atom. The standard InChI is InChI=1S/C15H24BrN3O3S/c1-11(7-8-23(4,20)21)19-15(17-2)18-10-12-5-6-14(22-3)13(16)9-12/h5-6,9,11H,7-8,10H2,1-4H3,(H2,17,18,19). The summed E-state index contributed by atoms with van der Waals surface area (Å²) in [5.74, 6) is 1.58. The average molecular weight is 406 g/mol. The molecule has 0 aliphatic carbocycles. The maximum absolute atomic E-state index is 11.2. The summed E-state index contributed by atoms with van der Waals surface area (Å²) in [5.41, 5.74) is 1.07. The van der Waals surface area contributed by atoms with Gasteiger partial charge in [0, 0.05) is 25.9 Å². The van der Waals surface area contributed by atoms with Crippen LogP contribution in [0.4, 0.5) is 0 Å². The quantitative estimate of drug-likeness (QED) is 0.535. The van der Waals surface area contributed by atoms with Gasteiger partial charge >= 0.3 is 0 Å². The molecule has 0 radical (unpaired) electrons. The van der Waals surface area contributed by atoms with E-state index in [9.17, 15) is 8.42 Å². The van der Waals surface area contributed by atoms with E-state index in [0.29, 0.717) is 18.9 Å². The summed E-state index contributed by atoms with van der Waals surface area (Å²) in [6.45, 7) is 2.53. The molecule has 0 saturated carbocycles. The molecular weight excluding hydrogens is 382 g/mol. The van der Waals surface area contributed by atoms with Crippen LogP contribution < -0.4 is 15.4 Å². The second kappa shape index (κ2) is 9.12. The second-order valence-electron chi connectivity index (χ2n) is 5.36. The maximum atomic E-state index is 11.2. The molecule has 6 nitrogen and oxygen atoms in total. The van der Waals surface area contributed by atoms with Crippen molar-refractivity contribution in [2.75, 3.05) is 26.2 Å². The third-order valence-corrected chi connectivity index (χ3v) is 4.80. The van der Waals surface area contributed by atoms with E-state index in [1.807, 2.05) is 25.1 Å². The first-order valence-corrected chi connectivity index (χ1v) is 10.1. The molecule has 1 unspecified atom stereocenters. The SMILES string of the molecule is CN=C(NCc1ccc(OC)c(Br)c1)NC(C)CCS(C)(=O)=O. The number of rotatable bonds is 7. The van der Waals surface area contributed by atoms with E-state index < -0.39 is 9.84 Å². The lowest BCUT2D eigenvalue weighted by atomic mass is 10.2. The van der Waals surface area contributed by atoms with Crippen molar-refractivity contribution in [1.29, 1.82) is 0 Å². The number of sulfone groups is 1. The summed E-state index contributed by atoms with van der Waals surface area (Å²) in [4.78, 5) is 4.15. The van der Waals surface area contributed by atoms with Gasteiger partial charge in [-0.3, -0.25) is 4.99 Å². The molecule has 0 heterocycles. The summed E-state index contributed by atoms with van der Waals surface area (Å²) < 4.78 is 28.5. The van der Waals surface area contributed by atoms with Gasteiger partial charge in [0.05, 0.1) is 17.3 Å². The molecule has 1 atom stereocenters. The van der Waals surface area contributed by atoms with Crippen molar-refractivity contribution in [3.63, 3.8) is 0 Å². The Morgan fingerprint density at radius 3 is 2.65 bits per heavy atom. The number of aliphatic imine (C=N–C) groups is 1. The summed E-state index contributed by atoms with van der Waals surface area (Å²) in [7, 11) is 0.364. The number of nitrogens with zero attached hydrogens (tertiary/aromatic N) is 1. The minimum absolute atomic E-state index is 0.0125. The molecule has 0 fully saturated rings. The normalized spacial score (nSPS) is 13.5. The number of nitrogens with one attached hydrogen (secondary N) is 2. The minimum Gasteiger partial charge on any atom is -0.496 e. The van der Waals surface area contributed by atoms with Gasteiger partial charge in [-0.05, 0) is 47.0 Å². The number of ether oxygens (including phenoxy) is 1. The first kappa shape index (κ1) is 19.8. The number of hydrogen-bond donors (Lipinski definition) is 2. The number of guanidine groups is 1. The van der Waals surface area contributed by atoms with Crippen molar-refractivity contribution in [2.45, 2.75) is 25.9 Å². The lowest BCUT2D eigenvalue weighted by Crippen LogP contribution is -2.42. The molecule has 0 aliphatic rings. The van der Waals surface area contributed by atoms with Gasteiger partial charge in [-0.25, -0.2) is 8.42 Å². The highest BCUT2D eigenvalue weighted by atomic mass is 79.9.